The molecule has 0 N–H and O–H groups in total. The molecule has 58 valence electrons. The lowest BCUT2D eigenvalue weighted by Gasteiger charge is -1.89. The fraction of sp³-hybridized carbons (Fsp3) is 0.625. The first-order valence-electron chi connectivity index (χ1n) is 3.56. The summed E-state index contributed by atoms with van der Waals surface area (Å²) in [6, 6.07) is 0. The van der Waals surface area contributed by atoms with Crippen molar-refractivity contribution in [1.29, 1.82) is 0 Å². The first-order valence-corrected chi connectivity index (χ1v) is 4.61. The molecule has 0 bridgehead atoms. The molecule has 0 saturated carbocycles. The van der Waals surface area contributed by atoms with Gasteiger partial charge in [0.2, 0.25) is 0 Å². The van der Waals surface area contributed by atoms with Gasteiger partial charge in [0, 0.05) is 0 Å². The molecule has 0 aromatic carbocycles. The second-order valence-corrected chi connectivity index (χ2v) is 3.15. The standard InChI is InChI=1S/C8H14OS/c1-3-4-6-10-7-5-8(2)9/h5,7H,3-4,6H2,1-2H3/b7-5+. The van der Waals surface area contributed by atoms with Crippen LogP contribution in [0.4, 0.5) is 0 Å². The number of carbonyl (C=O) groups excluding carboxylic acids is 1. The van der Waals surface area contributed by atoms with E-state index in [1.54, 1.807) is 24.8 Å². The first kappa shape index (κ1) is 9.76. The molecule has 10 heavy (non-hydrogen) atoms. The lowest BCUT2D eigenvalue weighted by atomic mass is 10.4. The van der Waals surface area contributed by atoms with Gasteiger partial charge in [0.25, 0.3) is 0 Å². The number of ketones is 1. The lowest BCUT2D eigenvalue weighted by molar-refractivity contribution is -0.112. The first-order chi connectivity index (χ1) is 4.77. The van der Waals surface area contributed by atoms with Crippen LogP contribution in [0, 0.1) is 0 Å². The van der Waals surface area contributed by atoms with Crippen molar-refractivity contribution in [2.45, 2.75) is 26.7 Å². The second kappa shape index (κ2) is 6.87. The Hall–Kier alpha value is -0.240. The highest BCUT2D eigenvalue weighted by Gasteiger charge is 1.83. The average molecular weight is 158 g/mol. The average Bonchev–Trinajstić information content (AvgIpc) is 1.87. The Morgan fingerprint density at radius 2 is 2.30 bits per heavy atom. The normalized spacial score (nSPS) is 10.6. The van der Waals surface area contributed by atoms with Crippen molar-refractivity contribution < 1.29 is 4.79 Å². The van der Waals surface area contributed by atoms with Crippen LogP contribution in [0.5, 0.6) is 0 Å². The molecule has 0 fully saturated rings. The van der Waals surface area contributed by atoms with E-state index in [1.165, 1.54) is 12.8 Å². The zero-order valence-corrected chi connectivity index (χ0v) is 7.41. The number of thioether (sulfide) groups is 1. The predicted octanol–water partition coefficient (Wildman–Crippen LogP) is 2.62. The molecular weight excluding hydrogens is 144 g/mol. The summed E-state index contributed by atoms with van der Waals surface area (Å²) in [4.78, 5) is 10.4. The van der Waals surface area contributed by atoms with Gasteiger partial charge in [-0.1, -0.05) is 13.3 Å². The van der Waals surface area contributed by atoms with Crippen LogP contribution in [0.1, 0.15) is 26.7 Å². The van der Waals surface area contributed by atoms with E-state index >= 15 is 0 Å². The minimum absolute atomic E-state index is 0.129. The summed E-state index contributed by atoms with van der Waals surface area (Å²) in [6.07, 6.45) is 4.06. The van der Waals surface area contributed by atoms with Gasteiger partial charge in [-0.15, -0.1) is 11.8 Å². The third-order valence-electron chi connectivity index (χ3n) is 1.01. The van der Waals surface area contributed by atoms with Crippen LogP contribution in [0.15, 0.2) is 11.5 Å². The highest BCUT2D eigenvalue weighted by Crippen LogP contribution is 2.05. The number of allylic oxidation sites excluding steroid dienone is 1. The van der Waals surface area contributed by atoms with Crippen LogP contribution >= 0.6 is 11.8 Å². The molecule has 0 aromatic rings. The quantitative estimate of drug-likeness (QED) is 0.452. The number of hydrogen-bond donors (Lipinski definition) is 0. The van der Waals surface area contributed by atoms with Crippen molar-refractivity contribution in [2.24, 2.45) is 0 Å². The minimum atomic E-state index is 0.129. The molecule has 0 aromatic heterocycles. The molecule has 0 saturated heterocycles. The molecular formula is C8H14OS. The fourth-order valence-corrected chi connectivity index (χ4v) is 1.32. The Balaban J connectivity index is 3.10. The van der Waals surface area contributed by atoms with Gasteiger partial charge in [0.05, 0.1) is 0 Å². The largest absolute Gasteiger partial charge is 0.295 e. The number of hydrogen-bond acceptors (Lipinski definition) is 2. The molecule has 0 aliphatic carbocycles. The van der Waals surface area contributed by atoms with Gasteiger partial charge < -0.3 is 0 Å². The SMILES string of the molecule is CCCCS/C=C/C(C)=O. The maximum atomic E-state index is 10.4. The summed E-state index contributed by atoms with van der Waals surface area (Å²) in [6.45, 7) is 3.73. The van der Waals surface area contributed by atoms with E-state index in [0.29, 0.717) is 0 Å². The third-order valence-corrected chi connectivity index (χ3v) is 1.87. The van der Waals surface area contributed by atoms with Gasteiger partial charge in [0.15, 0.2) is 5.78 Å². The Morgan fingerprint density at radius 3 is 2.80 bits per heavy atom. The van der Waals surface area contributed by atoms with E-state index in [9.17, 15) is 4.79 Å². The van der Waals surface area contributed by atoms with Crippen molar-refractivity contribution in [3.8, 4) is 0 Å². The number of unbranched alkanes of at least 4 members (excludes halogenated alkanes) is 1. The molecule has 2 heteroatoms. The Morgan fingerprint density at radius 1 is 1.60 bits per heavy atom. The zero-order chi connectivity index (χ0) is 7.82. The van der Waals surface area contributed by atoms with Crippen LogP contribution < -0.4 is 0 Å². The lowest BCUT2D eigenvalue weighted by Crippen LogP contribution is -1.78. The minimum Gasteiger partial charge on any atom is -0.295 e. The summed E-state index contributed by atoms with van der Waals surface area (Å²) in [7, 11) is 0. The molecule has 0 aliphatic rings. The van der Waals surface area contributed by atoms with Crippen molar-refractivity contribution >= 4 is 17.5 Å². The van der Waals surface area contributed by atoms with E-state index in [0.717, 1.165) is 5.75 Å². The number of rotatable bonds is 5. The highest BCUT2D eigenvalue weighted by molar-refractivity contribution is 8.02. The smallest absolute Gasteiger partial charge is 0.153 e. The molecule has 0 unspecified atom stereocenters. The Labute approximate surface area is 66.9 Å². The molecule has 0 radical (unpaired) electrons. The van der Waals surface area contributed by atoms with Gasteiger partial charge >= 0.3 is 0 Å². The summed E-state index contributed by atoms with van der Waals surface area (Å²) in [5.41, 5.74) is 0. The van der Waals surface area contributed by atoms with Crippen molar-refractivity contribution in [1.82, 2.24) is 0 Å². The molecule has 0 spiro atoms. The zero-order valence-electron chi connectivity index (χ0n) is 6.59. The van der Waals surface area contributed by atoms with Crippen LogP contribution in [0.3, 0.4) is 0 Å². The van der Waals surface area contributed by atoms with E-state index in [1.807, 2.05) is 5.41 Å². The van der Waals surface area contributed by atoms with Crippen molar-refractivity contribution in [3.63, 3.8) is 0 Å². The van der Waals surface area contributed by atoms with Crippen LogP contribution in [-0.2, 0) is 4.79 Å². The summed E-state index contributed by atoms with van der Waals surface area (Å²) in [5, 5.41) is 1.87. The van der Waals surface area contributed by atoms with Crippen molar-refractivity contribution in [2.75, 3.05) is 5.75 Å². The summed E-state index contributed by atoms with van der Waals surface area (Å²) in [5.74, 6) is 1.25. The van der Waals surface area contributed by atoms with E-state index < -0.39 is 0 Å². The molecule has 0 amide bonds. The maximum absolute atomic E-state index is 10.4. The Kier molecular flexibility index (Phi) is 6.71. The molecule has 1 nitrogen and oxygen atoms in total. The predicted molar refractivity (Wildman–Crippen MR) is 47.2 cm³/mol. The van der Waals surface area contributed by atoms with E-state index in [-0.39, 0.29) is 5.78 Å². The van der Waals surface area contributed by atoms with Crippen LogP contribution in [0.2, 0.25) is 0 Å². The van der Waals surface area contributed by atoms with E-state index in [2.05, 4.69) is 6.92 Å². The third kappa shape index (κ3) is 7.76. The molecule has 0 rings (SSSR count). The fourth-order valence-electron chi connectivity index (χ4n) is 0.440. The molecule has 0 heterocycles. The molecule has 0 atom stereocenters. The highest BCUT2D eigenvalue weighted by atomic mass is 32.2. The van der Waals surface area contributed by atoms with Gasteiger partial charge in [-0.2, -0.15) is 0 Å². The number of carbonyl (C=O) groups is 1. The van der Waals surface area contributed by atoms with Gasteiger partial charge in [0.1, 0.15) is 0 Å². The van der Waals surface area contributed by atoms with Gasteiger partial charge in [-0.25, -0.2) is 0 Å². The second-order valence-electron chi connectivity index (χ2n) is 2.14. The van der Waals surface area contributed by atoms with Gasteiger partial charge in [-0.3, -0.25) is 4.79 Å². The van der Waals surface area contributed by atoms with Crippen molar-refractivity contribution in [3.05, 3.63) is 11.5 Å². The van der Waals surface area contributed by atoms with Crippen LogP contribution in [0.25, 0.3) is 0 Å². The molecule has 0 aliphatic heterocycles. The van der Waals surface area contributed by atoms with Crippen LogP contribution in [-0.4, -0.2) is 11.5 Å². The Bertz CT molecular complexity index is 118. The summed E-state index contributed by atoms with van der Waals surface area (Å²) < 4.78 is 0. The monoisotopic (exact) mass is 158 g/mol. The van der Waals surface area contributed by atoms with E-state index in [4.69, 9.17) is 0 Å². The topological polar surface area (TPSA) is 17.1 Å². The summed E-state index contributed by atoms with van der Waals surface area (Å²) >= 11 is 1.70. The van der Waals surface area contributed by atoms with Gasteiger partial charge in [-0.05, 0) is 30.6 Å². The maximum Gasteiger partial charge on any atom is 0.153 e.